The van der Waals surface area contributed by atoms with Crippen LogP contribution in [0.2, 0.25) is 0 Å². The molecule has 136 valence electrons. The molecule has 0 bridgehead atoms. The van der Waals surface area contributed by atoms with Gasteiger partial charge in [0.15, 0.2) is 0 Å². The lowest BCUT2D eigenvalue weighted by Gasteiger charge is -2.07. The third kappa shape index (κ3) is 9.56. The first kappa shape index (κ1) is 20.5. The summed E-state index contributed by atoms with van der Waals surface area (Å²) in [6.45, 7) is 1.05. The SMILES string of the molecule is COC(=O)c1ccc(OCCCCCCCCCCCCO)cc1. The van der Waals surface area contributed by atoms with Crippen molar-refractivity contribution in [2.75, 3.05) is 20.3 Å². The Hall–Kier alpha value is -1.55. The van der Waals surface area contributed by atoms with E-state index < -0.39 is 0 Å². The monoisotopic (exact) mass is 336 g/mol. The summed E-state index contributed by atoms with van der Waals surface area (Å²) in [5.74, 6) is 0.473. The summed E-state index contributed by atoms with van der Waals surface area (Å²) in [4.78, 5) is 11.3. The van der Waals surface area contributed by atoms with Crippen LogP contribution in [0.1, 0.15) is 74.6 Å². The van der Waals surface area contributed by atoms with E-state index >= 15 is 0 Å². The molecule has 0 aliphatic carbocycles. The van der Waals surface area contributed by atoms with Gasteiger partial charge in [0.1, 0.15) is 5.75 Å². The number of esters is 1. The number of aliphatic hydroxyl groups excluding tert-OH is 1. The zero-order valence-electron chi connectivity index (χ0n) is 15.0. The molecule has 0 fully saturated rings. The highest BCUT2D eigenvalue weighted by atomic mass is 16.5. The Morgan fingerprint density at radius 3 is 1.83 bits per heavy atom. The lowest BCUT2D eigenvalue weighted by molar-refractivity contribution is 0.0600. The molecule has 0 aliphatic heterocycles. The van der Waals surface area contributed by atoms with E-state index in [2.05, 4.69) is 4.74 Å². The van der Waals surface area contributed by atoms with Crippen LogP contribution in [-0.4, -0.2) is 31.4 Å². The van der Waals surface area contributed by atoms with Crippen LogP contribution in [0.4, 0.5) is 0 Å². The molecule has 0 radical (unpaired) electrons. The van der Waals surface area contributed by atoms with Crippen LogP contribution < -0.4 is 4.74 Å². The molecule has 0 atom stereocenters. The summed E-state index contributed by atoms with van der Waals surface area (Å²) in [7, 11) is 1.38. The van der Waals surface area contributed by atoms with E-state index in [-0.39, 0.29) is 5.97 Å². The van der Waals surface area contributed by atoms with Gasteiger partial charge in [-0.3, -0.25) is 0 Å². The number of benzene rings is 1. The molecule has 1 aromatic rings. The topological polar surface area (TPSA) is 55.8 Å². The van der Waals surface area contributed by atoms with Gasteiger partial charge in [-0.05, 0) is 37.1 Å². The second-order valence-corrected chi connectivity index (χ2v) is 6.12. The average Bonchev–Trinajstić information content (AvgIpc) is 2.62. The highest BCUT2D eigenvalue weighted by Gasteiger charge is 2.04. The van der Waals surface area contributed by atoms with Crippen molar-refractivity contribution in [3.8, 4) is 5.75 Å². The first-order valence-corrected chi connectivity index (χ1v) is 9.20. The number of carbonyl (C=O) groups is 1. The minimum atomic E-state index is -0.324. The third-order valence-corrected chi connectivity index (χ3v) is 4.10. The molecule has 0 aliphatic rings. The third-order valence-electron chi connectivity index (χ3n) is 4.10. The van der Waals surface area contributed by atoms with Crippen molar-refractivity contribution in [3.63, 3.8) is 0 Å². The molecule has 4 heteroatoms. The van der Waals surface area contributed by atoms with Crippen LogP contribution in [0.25, 0.3) is 0 Å². The van der Waals surface area contributed by atoms with Crippen molar-refractivity contribution >= 4 is 5.97 Å². The number of unbranched alkanes of at least 4 members (excludes halogenated alkanes) is 9. The molecular weight excluding hydrogens is 304 g/mol. The molecule has 0 aromatic heterocycles. The van der Waals surface area contributed by atoms with Crippen LogP contribution >= 0.6 is 0 Å². The average molecular weight is 336 g/mol. The lowest BCUT2D eigenvalue weighted by atomic mass is 10.1. The van der Waals surface area contributed by atoms with Crippen molar-refractivity contribution in [2.45, 2.75) is 64.2 Å². The van der Waals surface area contributed by atoms with Gasteiger partial charge in [-0.25, -0.2) is 4.79 Å². The Labute approximate surface area is 146 Å². The van der Waals surface area contributed by atoms with Crippen LogP contribution in [0, 0.1) is 0 Å². The summed E-state index contributed by atoms with van der Waals surface area (Å²) in [6.07, 6.45) is 12.1. The number of ether oxygens (including phenoxy) is 2. The summed E-state index contributed by atoms with van der Waals surface area (Å²) in [5, 5.41) is 8.70. The maximum absolute atomic E-state index is 11.3. The van der Waals surface area contributed by atoms with Crippen LogP contribution in [-0.2, 0) is 4.74 Å². The summed E-state index contributed by atoms with van der Waals surface area (Å²) in [6, 6.07) is 7.07. The molecule has 1 rings (SSSR count). The fourth-order valence-electron chi connectivity index (χ4n) is 2.62. The van der Waals surface area contributed by atoms with Crippen molar-refractivity contribution in [1.82, 2.24) is 0 Å². The van der Waals surface area contributed by atoms with E-state index in [1.54, 1.807) is 12.1 Å². The van der Waals surface area contributed by atoms with Gasteiger partial charge in [-0.2, -0.15) is 0 Å². The predicted octanol–water partition coefficient (Wildman–Crippen LogP) is 4.75. The van der Waals surface area contributed by atoms with Gasteiger partial charge in [0.05, 0.1) is 19.3 Å². The van der Waals surface area contributed by atoms with E-state index in [1.807, 2.05) is 12.1 Å². The first-order valence-electron chi connectivity index (χ1n) is 9.20. The van der Waals surface area contributed by atoms with Crippen LogP contribution in [0.15, 0.2) is 24.3 Å². The summed E-state index contributed by atoms with van der Waals surface area (Å²) >= 11 is 0. The Balaban J connectivity index is 1.94. The number of carbonyl (C=O) groups excluding carboxylic acids is 1. The number of methoxy groups -OCH3 is 1. The fraction of sp³-hybridized carbons (Fsp3) is 0.650. The number of aliphatic hydroxyl groups is 1. The molecule has 0 saturated heterocycles. The molecule has 1 N–H and O–H groups in total. The molecule has 0 saturated carbocycles. The quantitative estimate of drug-likeness (QED) is 0.393. The van der Waals surface area contributed by atoms with Crippen molar-refractivity contribution < 1.29 is 19.4 Å². The van der Waals surface area contributed by atoms with E-state index in [4.69, 9.17) is 9.84 Å². The van der Waals surface area contributed by atoms with Crippen LogP contribution in [0.3, 0.4) is 0 Å². The van der Waals surface area contributed by atoms with Gasteiger partial charge in [0.25, 0.3) is 0 Å². The maximum atomic E-state index is 11.3. The number of hydrogen-bond donors (Lipinski definition) is 1. The second kappa shape index (κ2) is 13.8. The first-order chi connectivity index (χ1) is 11.8. The molecular formula is C20H32O4. The fourth-order valence-corrected chi connectivity index (χ4v) is 2.62. The van der Waals surface area contributed by atoms with Gasteiger partial charge >= 0.3 is 5.97 Å². The molecule has 1 aromatic carbocycles. The second-order valence-electron chi connectivity index (χ2n) is 6.12. The molecule has 4 nitrogen and oxygen atoms in total. The van der Waals surface area contributed by atoms with Gasteiger partial charge in [0.2, 0.25) is 0 Å². The number of rotatable bonds is 14. The van der Waals surface area contributed by atoms with Crippen molar-refractivity contribution in [1.29, 1.82) is 0 Å². The van der Waals surface area contributed by atoms with E-state index in [0.29, 0.717) is 12.2 Å². The predicted molar refractivity (Wildman–Crippen MR) is 96.5 cm³/mol. The Bertz CT molecular complexity index is 428. The van der Waals surface area contributed by atoms with Gasteiger partial charge in [-0.15, -0.1) is 0 Å². The normalized spacial score (nSPS) is 10.6. The minimum Gasteiger partial charge on any atom is -0.494 e. The minimum absolute atomic E-state index is 0.324. The largest absolute Gasteiger partial charge is 0.494 e. The zero-order valence-corrected chi connectivity index (χ0v) is 15.0. The van der Waals surface area contributed by atoms with E-state index in [0.717, 1.165) is 31.6 Å². The Morgan fingerprint density at radius 1 is 0.833 bits per heavy atom. The van der Waals surface area contributed by atoms with Gasteiger partial charge in [0, 0.05) is 6.61 Å². The summed E-state index contributed by atoms with van der Waals surface area (Å²) in [5.41, 5.74) is 0.543. The highest BCUT2D eigenvalue weighted by Crippen LogP contribution is 2.14. The zero-order chi connectivity index (χ0) is 17.5. The number of hydrogen-bond acceptors (Lipinski definition) is 4. The van der Waals surface area contributed by atoms with Crippen LogP contribution in [0.5, 0.6) is 5.75 Å². The van der Waals surface area contributed by atoms with E-state index in [9.17, 15) is 4.79 Å². The highest BCUT2D eigenvalue weighted by molar-refractivity contribution is 5.89. The Morgan fingerprint density at radius 2 is 1.33 bits per heavy atom. The van der Waals surface area contributed by atoms with Gasteiger partial charge in [-0.1, -0.05) is 51.4 Å². The molecule has 24 heavy (non-hydrogen) atoms. The summed E-state index contributed by atoms with van der Waals surface area (Å²) < 4.78 is 10.3. The molecule has 0 heterocycles. The van der Waals surface area contributed by atoms with Crippen molar-refractivity contribution in [2.24, 2.45) is 0 Å². The van der Waals surface area contributed by atoms with E-state index in [1.165, 1.54) is 52.1 Å². The maximum Gasteiger partial charge on any atom is 0.337 e. The smallest absolute Gasteiger partial charge is 0.337 e. The molecule has 0 unspecified atom stereocenters. The lowest BCUT2D eigenvalue weighted by Crippen LogP contribution is -2.01. The molecule has 0 spiro atoms. The Kier molecular flexibility index (Phi) is 11.8. The standard InChI is InChI=1S/C20H32O4/c1-23-20(22)18-12-14-19(15-13-18)24-17-11-9-7-5-3-2-4-6-8-10-16-21/h12-15,21H,2-11,16-17H2,1H3. The van der Waals surface area contributed by atoms with Crippen molar-refractivity contribution in [3.05, 3.63) is 29.8 Å². The van der Waals surface area contributed by atoms with Gasteiger partial charge < -0.3 is 14.6 Å². The molecule has 0 amide bonds.